The van der Waals surface area contributed by atoms with Crippen molar-refractivity contribution in [2.45, 2.75) is 58.9 Å². The number of hydrogen-bond donors (Lipinski definition) is 1. The number of rotatable bonds is 5. The van der Waals surface area contributed by atoms with Crippen LogP contribution in [0, 0.1) is 25.7 Å². The van der Waals surface area contributed by atoms with E-state index in [9.17, 15) is 0 Å². The van der Waals surface area contributed by atoms with Gasteiger partial charge in [0.05, 0.1) is 5.69 Å². The molecule has 3 fully saturated rings. The minimum absolute atomic E-state index is 0.776. The van der Waals surface area contributed by atoms with Crippen molar-refractivity contribution < 1.29 is 4.52 Å². The second-order valence-corrected chi connectivity index (χ2v) is 8.55. The number of hydrogen-bond acceptors (Lipinski definition) is 4. The summed E-state index contributed by atoms with van der Waals surface area (Å²) in [5, 5.41) is 7.54. The molecular formula is C21H35N5O. The van der Waals surface area contributed by atoms with Gasteiger partial charge in [0.15, 0.2) is 5.96 Å². The molecular weight excluding hydrogens is 338 g/mol. The number of guanidine groups is 1. The van der Waals surface area contributed by atoms with Crippen molar-refractivity contribution in [2.75, 3.05) is 39.3 Å². The molecule has 6 nitrogen and oxygen atoms in total. The van der Waals surface area contributed by atoms with Crippen LogP contribution < -0.4 is 5.32 Å². The molecule has 0 radical (unpaired) electrons. The third-order valence-electron chi connectivity index (χ3n) is 6.92. The molecule has 2 saturated carbocycles. The van der Waals surface area contributed by atoms with Crippen molar-refractivity contribution in [3.8, 4) is 0 Å². The third kappa shape index (κ3) is 4.00. The molecule has 1 N–H and O–H groups in total. The molecule has 0 amide bonds. The number of piperazine rings is 1. The summed E-state index contributed by atoms with van der Waals surface area (Å²) in [7, 11) is 0. The maximum absolute atomic E-state index is 5.27. The quantitative estimate of drug-likeness (QED) is 0.635. The molecule has 4 rings (SSSR count). The molecule has 6 heteroatoms. The Hall–Kier alpha value is -1.56. The maximum Gasteiger partial charge on any atom is 0.194 e. The molecule has 3 aliphatic rings. The van der Waals surface area contributed by atoms with E-state index in [0.29, 0.717) is 0 Å². The van der Waals surface area contributed by atoms with Gasteiger partial charge in [-0.05, 0) is 58.3 Å². The van der Waals surface area contributed by atoms with Gasteiger partial charge in [-0.25, -0.2) is 0 Å². The highest BCUT2D eigenvalue weighted by molar-refractivity contribution is 5.80. The number of nitrogens with one attached hydrogen (secondary N) is 1. The number of nitrogens with zero attached hydrogens (tertiary/aromatic N) is 4. The Bertz CT molecular complexity index is 642. The first-order chi connectivity index (χ1) is 13.2. The Labute approximate surface area is 163 Å². The monoisotopic (exact) mass is 373 g/mol. The summed E-state index contributed by atoms with van der Waals surface area (Å²) in [5.74, 6) is 4.00. The van der Waals surface area contributed by atoms with E-state index >= 15 is 0 Å². The zero-order chi connectivity index (χ0) is 18.8. The van der Waals surface area contributed by atoms with Gasteiger partial charge in [-0.1, -0.05) is 11.6 Å². The van der Waals surface area contributed by atoms with Crippen molar-refractivity contribution >= 4 is 5.96 Å². The van der Waals surface area contributed by atoms with E-state index in [2.05, 4.69) is 27.2 Å². The Morgan fingerprint density at radius 1 is 1.19 bits per heavy atom. The standard InChI is InChI=1S/C21H35N5O/c1-4-22-21(23-8-7-19-15(2)24-27-16(19)3)26-11-9-25(10-12-26)20-14-17-5-6-18(20)13-17/h17-18,20H,4-14H2,1-3H3,(H,22,23). The van der Waals surface area contributed by atoms with Gasteiger partial charge >= 0.3 is 0 Å². The first-order valence-electron chi connectivity index (χ1n) is 10.8. The predicted octanol–water partition coefficient (Wildman–Crippen LogP) is 2.61. The lowest BCUT2D eigenvalue weighted by Gasteiger charge is -2.42. The number of fused-ring (bicyclic) bond motifs is 2. The lowest BCUT2D eigenvalue weighted by atomic mass is 9.93. The van der Waals surface area contributed by atoms with E-state index in [1.54, 1.807) is 0 Å². The van der Waals surface area contributed by atoms with Crippen LogP contribution in [-0.2, 0) is 6.42 Å². The minimum atomic E-state index is 0.776. The average Bonchev–Trinajstić information content (AvgIpc) is 3.39. The molecule has 1 saturated heterocycles. The van der Waals surface area contributed by atoms with E-state index < -0.39 is 0 Å². The summed E-state index contributed by atoms with van der Waals surface area (Å²) in [6.07, 6.45) is 6.80. The van der Waals surface area contributed by atoms with Gasteiger partial charge in [0.2, 0.25) is 0 Å². The van der Waals surface area contributed by atoms with Gasteiger partial charge in [-0.2, -0.15) is 0 Å². The molecule has 3 unspecified atom stereocenters. The van der Waals surface area contributed by atoms with Gasteiger partial charge < -0.3 is 14.7 Å². The van der Waals surface area contributed by atoms with Crippen molar-refractivity contribution in [2.24, 2.45) is 16.8 Å². The van der Waals surface area contributed by atoms with E-state index in [0.717, 1.165) is 67.9 Å². The third-order valence-corrected chi connectivity index (χ3v) is 6.92. The molecule has 0 aromatic carbocycles. The molecule has 1 aliphatic heterocycles. The van der Waals surface area contributed by atoms with Crippen LogP contribution in [0.1, 0.15) is 49.6 Å². The lowest BCUT2D eigenvalue weighted by Crippen LogP contribution is -2.55. The fourth-order valence-electron chi connectivity index (χ4n) is 5.48. The van der Waals surface area contributed by atoms with E-state index in [1.807, 2.05) is 13.8 Å². The molecule has 1 aromatic rings. The molecule has 2 aliphatic carbocycles. The first-order valence-corrected chi connectivity index (χ1v) is 10.8. The van der Waals surface area contributed by atoms with Crippen molar-refractivity contribution in [1.29, 1.82) is 0 Å². The molecule has 2 heterocycles. The summed E-state index contributed by atoms with van der Waals surface area (Å²) in [4.78, 5) is 10.1. The Kier molecular flexibility index (Phi) is 5.71. The predicted molar refractivity (Wildman–Crippen MR) is 108 cm³/mol. The highest BCUT2D eigenvalue weighted by atomic mass is 16.5. The highest BCUT2D eigenvalue weighted by Gasteiger charge is 2.42. The second-order valence-electron chi connectivity index (χ2n) is 8.55. The molecule has 150 valence electrons. The highest BCUT2D eigenvalue weighted by Crippen LogP contribution is 2.46. The van der Waals surface area contributed by atoms with Gasteiger partial charge in [0.1, 0.15) is 5.76 Å². The topological polar surface area (TPSA) is 56.9 Å². The number of aromatic nitrogens is 1. The maximum atomic E-state index is 5.27. The fourth-order valence-corrected chi connectivity index (χ4v) is 5.48. The van der Waals surface area contributed by atoms with E-state index in [-0.39, 0.29) is 0 Å². The van der Waals surface area contributed by atoms with Crippen LogP contribution in [0.25, 0.3) is 0 Å². The van der Waals surface area contributed by atoms with E-state index in [1.165, 1.54) is 44.3 Å². The normalized spacial score (nSPS) is 28.9. The zero-order valence-corrected chi connectivity index (χ0v) is 17.2. The largest absolute Gasteiger partial charge is 0.361 e. The van der Waals surface area contributed by atoms with E-state index in [4.69, 9.17) is 9.52 Å². The molecule has 3 atom stereocenters. The van der Waals surface area contributed by atoms with Gasteiger partial charge in [-0.15, -0.1) is 0 Å². The molecule has 1 aromatic heterocycles. The zero-order valence-electron chi connectivity index (χ0n) is 17.2. The summed E-state index contributed by atoms with van der Waals surface area (Å²) in [5.41, 5.74) is 2.20. The van der Waals surface area contributed by atoms with Crippen LogP contribution in [0.15, 0.2) is 9.52 Å². The van der Waals surface area contributed by atoms with Crippen LogP contribution in [0.2, 0.25) is 0 Å². The summed E-state index contributed by atoms with van der Waals surface area (Å²) >= 11 is 0. The first kappa shape index (κ1) is 18.8. The number of aryl methyl sites for hydroxylation is 2. The minimum Gasteiger partial charge on any atom is -0.361 e. The fraction of sp³-hybridized carbons (Fsp3) is 0.810. The second kappa shape index (κ2) is 8.21. The van der Waals surface area contributed by atoms with Crippen molar-refractivity contribution in [3.63, 3.8) is 0 Å². The van der Waals surface area contributed by atoms with Gasteiger partial charge in [-0.3, -0.25) is 9.89 Å². The Morgan fingerprint density at radius 2 is 2.00 bits per heavy atom. The van der Waals surface area contributed by atoms with Gasteiger partial charge in [0.25, 0.3) is 0 Å². The average molecular weight is 374 g/mol. The Balaban J connectivity index is 1.31. The van der Waals surface area contributed by atoms with Crippen LogP contribution in [0.3, 0.4) is 0 Å². The van der Waals surface area contributed by atoms with Crippen molar-refractivity contribution in [3.05, 3.63) is 17.0 Å². The van der Waals surface area contributed by atoms with Gasteiger partial charge in [0, 0.05) is 50.9 Å². The lowest BCUT2D eigenvalue weighted by molar-refractivity contribution is 0.0958. The summed E-state index contributed by atoms with van der Waals surface area (Å²) < 4.78 is 5.27. The molecule has 27 heavy (non-hydrogen) atoms. The SMILES string of the molecule is CCNC(=NCCc1c(C)noc1C)N1CCN(C2CC3CCC2C3)CC1. The summed E-state index contributed by atoms with van der Waals surface area (Å²) in [6.45, 7) is 12.4. The molecule has 0 spiro atoms. The van der Waals surface area contributed by atoms with Crippen LogP contribution in [0.5, 0.6) is 0 Å². The van der Waals surface area contributed by atoms with Crippen LogP contribution in [-0.4, -0.2) is 66.2 Å². The van der Waals surface area contributed by atoms with Crippen LogP contribution >= 0.6 is 0 Å². The summed E-state index contributed by atoms with van der Waals surface area (Å²) in [6, 6.07) is 0.866. The number of aliphatic imine (C=N–C) groups is 1. The molecule has 2 bridgehead atoms. The van der Waals surface area contributed by atoms with Crippen LogP contribution in [0.4, 0.5) is 0 Å². The Morgan fingerprint density at radius 3 is 2.59 bits per heavy atom. The smallest absolute Gasteiger partial charge is 0.194 e. The van der Waals surface area contributed by atoms with Crippen molar-refractivity contribution in [1.82, 2.24) is 20.3 Å².